The Hall–Kier alpha value is -2.50. The Kier molecular flexibility index (Phi) is 5.04. The third-order valence-electron chi connectivity index (χ3n) is 3.57. The normalized spacial score (nSPS) is 15.8. The van der Waals surface area contributed by atoms with Gasteiger partial charge in [0, 0.05) is 12.8 Å². The van der Waals surface area contributed by atoms with E-state index in [2.05, 4.69) is 5.32 Å². The van der Waals surface area contributed by atoms with Crippen LogP contribution < -0.4 is 5.32 Å². The lowest BCUT2D eigenvalue weighted by molar-refractivity contribution is -0.142. The van der Waals surface area contributed by atoms with Crippen molar-refractivity contribution in [2.24, 2.45) is 0 Å². The molecular weight excluding hydrogens is 284 g/mol. The van der Waals surface area contributed by atoms with Crippen LogP contribution in [0.3, 0.4) is 0 Å². The third kappa shape index (κ3) is 4.00. The fraction of sp³-hybridized carbons (Fsp3) is 0.375. The molecule has 0 saturated carbocycles. The van der Waals surface area contributed by atoms with Gasteiger partial charge in [-0.3, -0.25) is 24.1 Å². The van der Waals surface area contributed by atoms with Crippen LogP contribution in [0.5, 0.6) is 0 Å². The first-order valence-corrected chi connectivity index (χ1v) is 7.14. The number of hydrogen-bond acceptors (Lipinski definition) is 4. The molecule has 1 N–H and O–H groups in total. The first-order chi connectivity index (χ1) is 10.5. The fourth-order valence-electron chi connectivity index (χ4n) is 2.33. The van der Waals surface area contributed by atoms with E-state index in [0.29, 0.717) is 6.42 Å². The Morgan fingerprint density at radius 3 is 2.27 bits per heavy atom. The molecule has 22 heavy (non-hydrogen) atoms. The Balaban J connectivity index is 1.96. The predicted octanol–water partition coefficient (Wildman–Crippen LogP) is 0.452. The number of hydrogen-bond donors (Lipinski definition) is 1. The lowest BCUT2D eigenvalue weighted by atomic mass is 10.0. The van der Waals surface area contributed by atoms with Crippen molar-refractivity contribution in [3.05, 3.63) is 35.9 Å². The zero-order valence-corrected chi connectivity index (χ0v) is 12.4. The zero-order chi connectivity index (χ0) is 16.1. The summed E-state index contributed by atoms with van der Waals surface area (Å²) >= 11 is 0. The van der Waals surface area contributed by atoms with Gasteiger partial charge in [-0.25, -0.2) is 0 Å². The highest BCUT2D eigenvalue weighted by Crippen LogP contribution is 2.11. The first-order valence-electron chi connectivity index (χ1n) is 7.14. The second kappa shape index (κ2) is 6.98. The van der Waals surface area contributed by atoms with Crippen LogP contribution in [0.4, 0.5) is 0 Å². The summed E-state index contributed by atoms with van der Waals surface area (Å²) in [4.78, 5) is 47.6. The first kappa shape index (κ1) is 15.9. The van der Waals surface area contributed by atoms with Gasteiger partial charge in [0.05, 0.1) is 6.04 Å². The van der Waals surface area contributed by atoms with Crippen molar-refractivity contribution >= 4 is 23.5 Å². The van der Waals surface area contributed by atoms with Crippen molar-refractivity contribution in [2.45, 2.75) is 32.2 Å². The maximum absolute atomic E-state index is 12.0. The van der Waals surface area contributed by atoms with Crippen LogP contribution in [0, 0.1) is 0 Å². The summed E-state index contributed by atoms with van der Waals surface area (Å²) in [5, 5.41) is 2.60. The Labute approximate surface area is 128 Å². The number of amides is 3. The van der Waals surface area contributed by atoms with Crippen LogP contribution in [-0.4, -0.2) is 41.0 Å². The van der Waals surface area contributed by atoms with E-state index >= 15 is 0 Å². The van der Waals surface area contributed by atoms with Crippen molar-refractivity contribution in [3.8, 4) is 0 Å². The SMILES string of the molecule is CC(=O)[C@@H](Cc1ccccc1)NC(=O)CN1C(=O)CCC1=O. The fourth-order valence-corrected chi connectivity index (χ4v) is 2.33. The van der Waals surface area contributed by atoms with E-state index in [1.807, 2.05) is 30.3 Å². The molecule has 0 unspecified atom stereocenters. The van der Waals surface area contributed by atoms with E-state index in [9.17, 15) is 19.2 Å². The zero-order valence-electron chi connectivity index (χ0n) is 12.4. The van der Waals surface area contributed by atoms with Crippen molar-refractivity contribution < 1.29 is 19.2 Å². The molecule has 1 fully saturated rings. The smallest absolute Gasteiger partial charge is 0.240 e. The largest absolute Gasteiger partial charge is 0.344 e. The van der Waals surface area contributed by atoms with Gasteiger partial charge in [-0.2, -0.15) is 0 Å². The van der Waals surface area contributed by atoms with Gasteiger partial charge in [-0.1, -0.05) is 30.3 Å². The topological polar surface area (TPSA) is 83.6 Å². The quantitative estimate of drug-likeness (QED) is 0.773. The third-order valence-corrected chi connectivity index (χ3v) is 3.57. The molecule has 0 aromatic heterocycles. The highest BCUT2D eigenvalue weighted by atomic mass is 16.2. The molecule has 0 bridgehead atoms. The van der Waals surface area contributed by atoms with E-state index in [1.54, 1.807) is 0 Å². The number of nitrogens with one attached hydrogen (secondary N) is 1. The molecule has 0 aliphatic carbocycles. The van der Waals surface area contributed by atoms with Crippen LogP contribution >= 0.6 is 0 Å². The molecular formula is C16H18N2O4. The molecule has 0 radical (unpaired) electrons. The molecule has 1 aliphatic heterocycles. The number of carbonyl (C=O) groups is 4. The standard InChI is InChI=1S/C16H18N2O4/c1-11(19)13(9-12-5-3-2-4-6-12)17-14(20)10-18-15(21)7-8-16(18)22/h2-6,13H,7-10H2,1H3,(H,17,20)/t13-/m1/s1. The molecule has 116 valence electrons. The monoisotopic (exact) mass is 302 g/mol. The number of likely N-dealkylation sites (tertiary alicyclic amines) is 1. The van der Waals surface area contributed by atoms with E-state index in [0.717, 1.165) is 10.5 Å². The Morgan fingerprint density at radius 2 is 1.73 bits per heavy atom. The van der Waals surface area contributed by atoms with Gasteiger partial charge in [0.2, 0.25) is 17.7 Å². The second-order valence-corrected chi connectivity index (χ2v) is 5.29. The number of rotatable bonds is 6. The van der Waals surface area contributed by atoms with Crippen LogP contribution in [-0.2, 0) is 25.6 Å². The van der Waals surface area contributed by atoms with Gasteiger partial charge in [-0.05, 0) is 18.9 Å². The van der Waals surface area contributed by atoms with Crippen molar-refractivity contribution in [1.82, 2.24) is 10.2 Å². The average molecular weight is 302 g/mol. The summed E-state index contributed by atoms with van der Waals surface area (Å²) in [6.07, 6.45) is 0.669. The molecule has 0 spiro atoms. The maximum atomic E-state index is 12.0. The number of ketones is 1. The summed E-state index contributed by atoms with van der Waals surface area (Å²) in [6, 6.07) is 8.66. The Morgan fingerprint density at radius 1 is 1.14 bits per heavy atom. The summed E-state index contributed by atoms with van der Waals surface area (Å²) in [7, 11) is 0. The molecule has 1 aromatic rings. The highest BCUT2D eigenvalue weighted by Gasteiger charge is 2.31. The number of benzene rings is 1. The van der Waals surface area contributed by atoms with Crippen molar-refractivity contribution in [2.75, 3.05) is 6.54 Å². The molecule has 1 heterocycles. The minimum atomic E-state index is -0.664. The number of Topliss-reactive ketones (excluding diaryl/α,β-unsaturated/α-hetero) is 1. The van der Waals surface area contributed by atoms with Crippen LogP contribution in [0.1, 0.15) is 25.3 Å². The van der Waals surface area contributed by atoms with Gasteiger partial charge in [0.1, 0.15) is 6.54 Å². The summed E-state index contributed by atoms with van der Waals surface area (Å²) in [5.41, 5.74) is 0.927. The summed E-state index contributed by atoms with van der Waals surface area (Å²) in [5.74, 6) is -1.36. The van der Waals surface area contributed by atoms with Crippen LogP contribution in [0.2, 0.25) is 0 Å². The minimum absolute atomic E-state index is 0.145. The van der Waals surface area contributed by atoms with Gasteiger partial charge < -0.3 is 5.32 Å². The lowest BCUT2D eigenvalue weighted by Crippen LogP contribution is -2.47. The van der Waals surface area contributed by atoms with Gasteiger partial charge >= 0.3 is 0 Å². The van der Waals surface area contributed by atoms with Crippen molar-refractivity contribution in [3.63, 3.8) is 0 Å². The summed E-state index contributed by atoms with van der Waals surface area (Å²) < 4.78 is 0. The molecule has 1 aromatic carbocycles. The predicted molar refractivity (Wildman–Crippen MR) is 78.7 cm³/mol. The van der Waals surface area contributed by atoms with Gasteiger partial charge in [-0.15, -0.1) is 0 Å². The minimum Gasteiger partial charge on any atom is -0.344 e. The number of imide groups is 1. The molecule has 6 nitrogen and oxygen atoms in total. The number of nitrogens with zero attached hydrogens (tertiary/aromatic N) is 1. The maximum Gasteiger partial charge on any atom is 0.240 e. The van der Waals surface area contributed by atoms with Crippen molar-refractivity contribution in [1.29, 1.82) is 0 Å². The Bertz CT molecular complexity index is 581. The average Bonchev–Trinajstić information content (AvgIpc) is 2.79. The van der Waals surface area contributed by atoms with E-state index in [4.69, 9.17) is 0 Å². The van der Waals surface area contributed by atoms with Crippen LogP contribution in [0.15, 0.2) is 30.3 Å². The van der Waals surface area contributed by atoms with E-state index in [-0.39, 0.29) is 37.0 Å². The molecule has 1 atom stereocenters. The van der Waals surface area contributed by atoms with E-state index in [1.165, 1.54) is 6.92 Å². The highest BCUT2D eigenvalue weighted by molar-refractivity contribution is 6.04. The number of carbonyl (C=O) groups excluding carboxylic acids is 4. The van der Waals surface area contributed by atoms with E-state index < -0.39 is 11.9 Å². The second-order valence-electron chi connectivity index (χ2n) is 5.29. The molecule has 2 rings (SSSR count). The van der Waals surface area contributed by atoms with Crippen LogP contribution in [0.25, 0.3) is 0 Å². The van der Waals surface area contributed by atoms with Gasteiger partial charge in [0.25, 0.3) is 0 Å². The molecule has 6 heteroatoms. The molecule has 1 saturated heterocycles. The van der Waals surface area contributed by atoms with Gasteiger partial charge in [0.15, 0.2) is 5.78 Å². The lowest BCUT2D eigenvalue weighted by Gasteiger charge is -2.18. The summed E-state index contributed by atoms with van der Waals surface area (Å²) in [6.45, 7) is 1.08. The molecule has 1 aliphatic rings. The molecule has 3 amide bonds.